The van der Waals surface area contributed by atoms with Gasteiger partial charge in [0.05, 0.1) is 13.2 Å². The monoisotopic (exact) mass is 265 g/mol. The molecule has 3 heteroatoms. The lowest BCUT2D eigenvalue weighted by molar-refractivity contribution is 0.105. The highest BCUT2D eigenvalue weighted by Gasteiger charge is 2.19. The van der Waals surface area contributed by atoms with Crippen molar-refractivity contribution in [3.8, 4) is 5.75 Å². The van der Waals surface area contributed by atoms with E-state index in [2.05, 4.69) is 45.9 Å². The van der Waals surface area contributed by atoms with Gasteiger partial charge < -0.3 is 15.2 Å². The number of rotatable bonds is 7. The molecule has 0 aliphatic heterocycles. The summed E-state index contributed by atoms with van der Waals surface area (Å²) in [5.41, 5.74) is 8.05. The Morgan fingerprint density at radius 1 is 1.11 bits per heavy atom. The summed E-state index contributed by atoms with van der Waals surface area (Å²) in [4.78, 5) is 0. The van der Waals surface area contributed by atoms with Gasteiger partial charge in [-0.15, -0.1) is 0 Å². The molecule has 1 aromatic rings. The minimum absolute atomic E-state index is 0.0820. The highest BCUT2D eigenvalue weighted by Crippen LogP contribution is 2.32. The number of nitrogens with two attached hydrogens (primary N) is 1. The molecule has 0 spiro atoms. The van der Waals surface area contributed by atoms with Crippen molar-refractivity contribution in [2.24, 2.45) is 5.73 Å². The van der Waals surface area contributed by atoms with E-state index in [1.807, 2.05) is 0 Å². The van der Waals surface area contributed by atoms with Crippen LogP contribution in [0.4, 0.5) is 0 Å². The van der Waals surface area contributed by atoms with Crippen LogP contribution < -0.4 is 10.5 Å². The van der Waals surface area contributed by atoms with E-state index < -0.39 is 0 Å². The van der Waals surface area contributed by atoms with Crippen molar-refractivity contribution in [2.75, 3.05) is 26.4 Å². The molecule has 1 aromatic carbocycles. The van der Waals surface area contributed by atoms with Crippen LogP contribution in [-0.4, -0.2) is 26.4 Å². The van der Waals surface area contributed by atoms with E-state index in [0.29, 0.717) is 26.4 Å². The molecular weight excluding hydrogens is 238 g/mol. The summed E-state index contributed by atoms with van der Waals surface area (Å²) in [5.74, 6) is 0.959. The molecule has 0 aromatic heterocycles. The van der Waals surface area contributed by atoms with Crippen LogP contribution in [-0.2, 0) is 16.6 Å². The normalized spacial score (nSPS) is 11.6. The van der Waals surface area contributed by atoms with E-state index in [1.54, 1.807) is 0 Å². The first kappa shape index (κ1) is 16.0. The third-order valence-corrected chi connectivity index (χ3v) is 3.01. The topological polar surface area (TPSA) is 44.5 Å². The van der Waals surface area contributed by atoms with Crippen LogP contribution in [0.1, 0.15) is 38.8 Å². The molecule has 0 bridgehead atoms. The molecule has 0 amide bonds. The third-order valence-electron chi connectivity index (χ3n) is 3.01. The van der Waals surface area contributed by atoms with Gasteiger partial charge in [-0.3, -0.25) is 0 Å². The fraction of sp³-hybridized carbons (Fsp3) is 0.625. The van der Waals surface area contributed by atoms with Crippen molar-refractivity contribution >= 4 is 0 Å². The zero-order chi connectivity index (χ0) is 14.3. The molecule has 2 N–H and O–H groups in total. The minimum Gasteiger partial charge on any atom is -0.491 e. The van der Waals surface area contributed by atoms with E-state index in [0.717, 1.165) is 12.2 Å². The van der Waals surface area contributed by atoms with E-state index in [4.69, 9.17) is 15.2 Å². The van der Waals surface area contributed by atoms with Gasteiger partial charge >= 0.3 is 0 Å². The zero-order valence-corrected chi connectivity index (χ0v) is 12.7. The van der Waals surface area contributed by atoms with Crippen molar-refractivity contribution < 1.29 is 9.47 Å². The summed E-state index contributed by atoms with van der Waals surface area (Å²) in [7, 11) is 0. The summed E-state index contributed by atoms with van der Waals surface area (Å²) in [6, 6.07) is 6.45. The first-order valence-corrected chi connectivity index (χ1v) is 7.03. The van der Waals surface area contributed by atoms with Gasteiger partial charge in [-0.05, 0) is 29.0 Å². The quantitative estimate of drug-likeness (QED) is 0.771. The van der Waals surface area contributed by atoms with Crippen LogP contribution in [0.15, 0.2) is 18.2 Å². The maximum Gasteiger partial charge on any atom is 0.123 e. The van der Waals surface area contributed by atoms with E-state index in [9.17, 15) is 0 Å². The molecule has 0 saturated heterocycles. The molecule has 0 aliphatic rings. The fourth-order valence-corrected chi connectivity index (χ4v) is 1.90. The lowest BCUT2D eigenvalue weighted by atomic mass is 9.85. The highest BCUT2D eigenvalue weighted by molar-refractivity contribution is 5.41. The standard InChI is InChI=1S/C16H27NO2/c1-5-13-6-7-15(14(12-13)16(2,3)4)19-11-10-18-9-8-17/h6-7,12H,5,8-11,17H2,1-4H3. The first-order chi connectivity index (χ1) is 8.99. The summed E-state index contributed by atoms with van der Waals surface area (Å²) >= 11 is 0. The Morgan fingerprint density at radius 3 is 2.42 bits per heavy atom. The summed E-state index contributed by atoms with van der Waals surface area (Å²) < 4.78 is 11.2. The average Bonchev–Trinajstić information content (AvgIpc) is 2.37. The van der Waals surface area contributed by atoms with Crippen LogP contribution in [0, 0.1) is 0 Å². The van der Waals surface area contributed by atoms with Crippen LogP contribution >= 0.6 is 0 Å². The zero-order valence-electron chi connectivity index (χ0n) is 12.7. The van der Waals surface area contributed by atoms with Crippen molar-refractivity contribution in [3.05, 3.63) is 29.3 Å². The van der Waals surface area contributed by atoms with Gasteiger partial charge in [-0.25, -0.2) is 0 Å². The first-order valence-electron chi connectivity index (χ1n) is 7.03. The second kappa shape index (κ2) is 7.51. The Bertz CT molecular complexity index is 383. The van der Waals surface area contributed by atoms with Crippen LogP contribution in [0.25, 0.3) is 0 Å². The maximum atomic E-state index is 5.84. The molecular formula is C16H27NO2. The number of hydrogen-bond acceptors (Lipinski definition) is 3. The summed E-state index contributed by atoms with van der Waals surface area (Å²) in [5, 5.41) is 0. The van der Waals surface area contributed by atoms with Crippen molar-refractivity contribution in [1.82, 2.24) is 0 Å². The lowest BCUT2D eigenvalue weighted by Gasteiger charge is -2.23. The molecule has 0 fully saturated rings. The predicted octanol–water partition coefficient (Wildman–Crippen LogP) is 2.90. The Labute approximate surface area is 117 Å². The van der Waals surface area contributed by atoms with Crippen LogP contribution in [0.3, 0.4) is 0 Å². The van der Waals surface area contributed by atoms with Gasteiger partial charge in [0.2, 0.25) is 0 Å². The molecule has 3 nitrogen and oxygen atoms in total. The third kappa shape index (κ3) is 5.21. The van der Waals surface area contributed by atoms with Crippen LogP contribution in [0.2, 0.25) is 0 Å². The Kier molecular flexibility index (Phi) is 6.32. The van der Waals surface area contributed by atoms with E-state index in [-0.39, 0.29) is 5.41 Å². The molecule has 0 heterocycles. The van der Waals surface area contributed by atoms with Crippen molar-refractivity contribution in [1.29, 1.82) is 0 Å². The number of aryl methyl sites for hydroxylation is 1. The van der Waals surface area contributed by atoms with Gasteiger partial charge in [0.15, 0.2) is 0 Å². The average molecular weight is 265 g/mol. The molecule has 0 saturated carbocycles. The lowest BCUT2D eigenvalue weighted by Crippen LogP contribution is -2.17. The van der Waals surface area contributed by atoms with Crippen LogP contribution in [0.5, 0.6) is 5.75 Å². The number of hydrogen-bond donors (Lipinski definition) is 1. The van der Waals surface area contributed by atoms with Gasteiger partial charge in [0.25, 0.3) is 0 Å². The predicted molar refractivity (Wildman–Crippen MR) is 79.9 cm³/mol. The fourth-order valence-electron chi connectivity index (χ4n) is 1.90. The van der Waals surface area contributed by atoms with Gasteiger partial charge in [-0.1, -0.05) is 39.8 Å². The molecule has 0 radical (unpaired) electrons. The molecule has 0 atom stereocenters. The van der Waals surface area contributed by atoms with Gasteiger partial charge in [-0.2, -0.15) is 0 Å². The van der Waals surface area contributed by atoms with Crippen molar-refractivity contribution in [3.63, 3.8) is 0 Å². The summed E-state index contributed by atoms with van der Waals surface area (Å²) in [6.07, 6.45) is 1.04. The minimum atomic E-state index is 0.0820. The maximum absolute atomic E-state index is 5.84. The summed E-state index contributed by atoms with van der Waals surface area (Å²) in [6.45, 7) is 11.1. The second-order valence-electron chi connectivity index (χ2n) is 5.68. The molecule has 108 valence electrons. The second-order valence-corrected chi connectivity index (χ2v) is 5.68. The number of ether oxygens (including phenoxy) is 2. The Morgan fingerprint density at radius 2 is 1.84 bits per heavy atom. The van der Waals surface area contributed by atoms with Gasteiger partial charge in [0.1, 0.15) is 12.4 Å². The molecule has 0 aliphatic carbocycles. The SMILES string of the molecule is CCc1ccc(OCCOCCN)c(C(C)(C)C)c1. The Balaban J connectivity index is 2.71. The Hall–Kier alpha value is -1.06. The van der Waals surface area contributed by atoms with E-state index in [1.165, 1.54) is 11.1 Å². The smallest absolute Gasteiger partial charge is 0.123 e. The molecule has 0 unspecified atom stereocenters. The van der Waals surface area contributed by atoms with E-state index >= 15 is 0 Å². The molecule has 19 heavy (non-hydrogen) atoms. The largest absolute Gasteiger partial charge is 0.491 e. The number of benzene rings is 1. The highest BCUT2D eigenvalue weighted by atomic mass is 16.5. The van der Waals surface area contributed by atoms with Crippen molar-refractivity contribution in [2.45, 2.75) is 39.5 Å². The van der Waals surface area contributed by atoms with Gasteiger partial charge in [0, 0.05) is 6.54 Å². The molecule has 1 rings (SSSR count).